The Hall–Kier alpha value is -3.03. The first-order valence-corrected chi connectivity index (χ1v) is 12.8. The largest absolute Gasteiger partial charge is 0.342 e. The van der Waals surface area contributed by atoms with Crippen molar-refractivity contribution < 1.29 is 14.4 Å². The van der Waals surface area contributed by atoms with Crippen molar-refractivity contribution >= 4 is 80.5 Å². The maximum atomic E-state index is 13.1. The molecule has 0 N–H and O–H groups in total. The van der Waals surface area contributed by atoms with Gasteiger partial charge in [0.25, 0.3) is 11.1 Å². The summed E-state index contributed by atoms with van der Waals surface area (Å²) in [5.41, 5.74) is 3.01. The van der Waals surface area contributed by atoms with Crippen molar-refractivity contribution in [3.63, 3.8) is 0 Å². The van der Waals surface area contributed by atoms with Crippen LogP contribution in [0.4, 0.5) is 4.79 Å². The van der Waals surface area contributed by atoms with E-state index in [2.05, 4.69) is 0 Å². The molecular formula is C27H17Cl3N2O3S. The monoisotopic (exact) mass is 554 g/mol. The third-order valence-electron chi connectivity index (χ3n) is 5.80. The summed E-state index contributed by atoms with van der Waals surface area (Å²) in [5, 5.41) is 2.07. The van der Waals surface area contributed by atoms with Gasteiger partial charge in [0.05, 0.1) is 11.4 Å². The average Bonchev–Trinajstić information content (AvgIpc) is 3.33. The van der Waals surface area contributed by atoms with Crippen molar-refractivity contribution in [2.24, 2.45) is 0 Å². The summed E-state index contributed by atoms with van der Waals surface area (Å²) in [6.07, 6.45) is 3.61. The first-order chi connectivity index (χ1) is 17.3. The molecule has 5 rings (SSSR count). The van der Waals surface area contributed by atoms with Gasteiger partial charge < -0.3 is 4.57 Å². The van der Waals surface area contributed by atoms with Crippen molar-refractivity contribution in [3.05, 3.63) is 110 Å². The second-order valence-corrected chi connectivity index (χ2v) is 10.4. The molecule has 0 unspecified atom stereocenters. The number of halogens is 3. The van der Waals surface area contributed by atoms with E-state index in [0.29, 0.717) is 27.2 Å². The highest BCUT2D eigenvalue weighted by atomic mass is 35.5. The Morgan fingerprint density at radius 2 is 1.64 bits per heavy atom. The molecular weight excluding hydrogens is 539 g/mol. The summed E-state index contributed by atoms with van der Waals surface area (Å²) in [6.45, 7) is 0.169. The minimum absolute atomic E-state index is 0.260. The lowest BCUT2D eigenvalue weighted by molar-refractivity contribution is -0.122. The summed E-state index contributed by atoms with van der Waals surface area (Å²) >= 11 is 19.1. The fourth-order valence-corrected chi connectivity index (χ4v) is 5.43. The molecule has 2 heterocycles. The Labute approximate surface area is 226 Å². The molecule has 9 heteroatoms. The number of nitrogens with zero attached hydrogens (tertiary/aromatic N) is 2. The van der Waals surface area contributed by atoms with E-state index in [-0.39, 0.29) is 17.2 Å². The lowest BCUT2D eigenvalue weighted by Gasteiger charge is -2.11. The van der Waals surface area contributed by atoms with Gasteiger partial charge in [-0.05, 0) is 65.9 Å². The smallest absolute Gasteiger partial charge is 0.293 e. The average molecular weight is 556 g/mol. The fourth-order valence-electron chi connectivity index (χ4n) is 4.00. The Balaban J connectivity index is 1.43. The lowest BCUT2D eigenvalue weighted by atomic mass is 10.1. The van der Waals surface area contributed by atoms with E-state index in [9.17, 15) is 14.4 Å². The standard InChI is InChI=1S/C27H17Cl3N2O3S/c28-19-8-5-16(6-9-19)24(33)15-32-26(34)25(36-27(32)35)11-18-14-31(23-4-2-1-3-21(18)23)13-17-7-10-20(29)12-22(17)30/h1-12,14H,13,15H2/b25-11+. The number of benzene rings is 3. The minimum Gasteiger partial charge on any atom is -0.342 e. The van der Waals surface area contributed by atoms with Gasteiger partial charge in [0.2, 0.25) is 0 Å². The van der Waals surface area contributed by atoms with Crippen molar-refractivity contribution in [2.45, 2.75) is 6.54 Å². The van der Waals surface area contributed by atoms with E-state index >= 15 is 0 Å². The molecule has 180 valence electrons. The summed E-state index contributed by atoms with van der Waals surface area (Å²) in [6, 6.07) is 19.5. The van der Waals surface area contributed by atoms with E-state index < -0.39 is 11.1 Å². The normalized spacial score (nSPS) is 14.9. The molecule has 3 aromatic carbocycles. The van der Waals surface area contributed by atoms with E-state index in [1.165, 1.54) is 0 Å². The van der Waals surface area contributed by atoms with Gasteiger partial charge in [-0.2, -0.15) is 0 Å². The zero-order chi connectivity index (χ0) is 25.4. The predicted molar refractivity (Wildman–Crippen MR) is 146 cm³/mol. The Morgan fingerprint density at radius 3 is 2.39 bits per heavy atom. The molecule has 0 saturated carbocycles. The van der Waals surface area contributed by atoms with Crippen LogP contribution in [0.5, 0.6) is 0 Å². The molecule has 0 radical (unpaired) electrons. The third kappa shape index (κ3) is 4.95. The van der Waals surface area contributed by atoms with Gasteiger partial charge in [0.1, 0.15) is 0 Å². The number of thioether (sulfide) groups is 1. The molecule has 1 saturated heterocycles. The third-order valence-corrected chi connectivity index (χ3v) is 7.55. The van der Waals surface area contributed by atoms with Crippen molar-refractivity contribution in [3.8, 4) is 0 Å². The molecule has 5 nitrogen and oxygen atoms in total. The van der Waals surface area contributed by atoms with E-state index in [1.54, 1.807) is 42.5 Å². The highest BCUT2D eigenvalue weighted by Gasteiger charge is 2.36. The van der Waals surface area contributed by atoms with Crippen LogP contribution in [0.3, 0.4) is 0 Å². The van der Waals surface area contributed by atoms with Crippen LogP contribution >= 0.6 is 46.6 Å². The zero-order valence-corrected chi connectivity index (χ0v) is 21.7. The number of ketones is 1. The number of hydrogen-bond donors (Lipinski definition) is 0. The number of para-hydroxylation sites is 1. The second-order valence-electron chi connectivity index (χ2n) is 8.16. The van der Waals surface area contributed by atoms with Crippen LogP contribution in [0.15, 0.2) is 77.8 Å². The summed E-state index contributed by atoms with van der Waals surface area (Å²) in [7, 11) is 0. The number of fused-ring (bicyclic) bond motifs is 1. The highest BCUT2D eigenvalue weighted by molar-refractivity contribution is 8.18. The van der Waals surface area contributed by atoms with Gasteiger partial charge in [-0.15, -0.1) is 0 Å². The predicted octanol–water partition coefficient (Wildman–Crippen LogP) is 7.57. The van der Waals surface area contributed by atoms with E-state index in [4.69, 9.17) is 34.8 Å². The van der Waals surface area contributed by atoms with Crippen LogP contribution in [-0.2, 0) is 11.3 Å². The molecule has 0 aliphatic carbocycles. The topological polar surface area (TPSA) is 59.4 Å². The van der Waals surface area contributed by atoms with Gasteiger partial charge in [0, 0.05) is 49.8 Å². The number of rotatable bonds is 6. The van der Waals surface area contributed by atoms with Gasteiger partial charge in [-0.25, -0.2) is 0 Å². The van der Waals surface area contributed by atoms with Gasteiger partial charge in [0.15, 0.2) is 5.78 Å². The molecule has 1 fully saturated rings. The summed E-state index contributed by atoms with van der Waals surface area (Å²) in [5.74, 6) is -0.837. The maximum Gasteiger partial charge on any atom is 0.293 e. The molecule has 0 bridgehead atoms. The van der Waals surface area contributed by atoms with Crippen LogP contribution in [0.2, 0.25) is 15.1 Å². The van der Waals surface area contributed by atoms with Crippen LogP contribution in [0.1, 0.15) is 21.5 Å². The van der Waals surface area contributed by atoms with Gasteiger partial charge in [-0.3, -0.25) is 19.3 Å². The first kappa shape index (κ1) is 24.7. The number of carbonyl (C=O) groups excluding carboxylic acids is 3. The van der Waals surface area contributed by atoms with Crippen molar-refractivity contribution in [2.75, 3.05) is 6.54 Å². The number of amides is 2. The molecule has 2 amide bonds. The van der Waals surface area contributed by atoms with E-state index in [0.717, 1.165) is 38.7 Å². The molecule has 0 atom stereocenters. The molecule has 1 aliphatic heterocycles. The Kier molecular flexibility index (Phi) is 6.95. The molecule has 4 aromatic rings. The number of carbonyl (C=O) groups is 3. The quantitative estimate of drug-likeness (QED) is 0.182. The maximum absolute atomic E-state index is 13.1. The Morgan fingerprint density at radius 1 is 0.917 bits per heavy atom. The molecule has 1 aromatic heterocycles. The highest BCUT2D eigenvalue weighted by Crippen LogP contribution is 2.35. The van der Waals surface area contributed by atoms with E-state index in [1.807, 2.05) is 41.1 Å². The van der Waals surface area contributed by atoms with Gasteiger partial charge in [-0.1, -0.05) is 59.1 Å². The van der Waals surface area contributed by atoms with Crippen molar-refractivity contribution in [1.29, 1.82) is 0 Å². The molecule has 1 aliphatic rings. The van der Waals surface area contributed by atoms with Crippen molar-refractivity contribution in [1.82, 2.24) is 9.47 Å². The molecule has 0 spiro atoms. The minimum atomic E-state index is -0.495. The SMILES string of the molecule is O=C(CN1C(=O)S/C(=C/c2cn(Cc3ccc(Cl)cc3Cl)c3ccccc23)C1=O)c1ccc(Cl)cc1. The number of Topliss-reactive ketones (excluding diaryl/α,β-unsaturated/α-hetero) is 1. The first-order valence-electron chi connectivity index (χ1n) is 10.9. The number of hydrogen-bond acceptors (Lipinski definition) is 4. The van der Waals surface area contributed by atoms with Crippen LogP contribution in [0, 0.1) is 0 Å². The zero-order valence-electron chi connectivity index (χ0n) is 18.6. The second kappa shape index (κ2) is 10.1. The summed E-state index contributed by atoms with van der Waals surface area (Å²) in [4.78, 5) is 39.5. The number of aromatic nitrogens is 1. The van der Waals surface area contributed by atoms with Crippen LogP contribution in [0.25, 0.3) is 17.0 Å². The van der Waals surface area contributed by atoms with Crippen LogP contribution < -0.4 is 0 Å². The summed E-state index contributed by atoms with van der Waals surface area (Å²) < 4.78 is 2.03. The van der Waals surface area contributed by atoms with Gasteiger partial charge >= 0.3 is 0 Å². The fraction of sp³-hybridized carbons (Fsp3) is 0.0741. The Bertz CT molecular complexity index is 1560. The number of imide groups is 1. The van der Waals surface area contributed by atoms with Crippen LogP contribution in [-0.4, -0.2) is 32.9 Å². The lowest BCUT2D eigenvalue weighted by Crippen LogP contribution is -2.33. The molecule has 36 heavy (non-hydrogen) atoms.